The number of para-hydroxylation sites is 1. The molecule has 2 unspecified atom stereocenters. The first-order valence-corrected chi connectivity index (χ1v) is 5.71. The molecule has 3 nitrogen and oxygen atoms in total. The maximum atomic E-state index is 13.4. The smallest absolute Gasteiger partial charge is 0.170 e. The van der Waals surface area contributed by atoms with Crippen molar-refractivity contribution >= 4 is 11.0 Å². The number of furan rings is 1. The predicted octanol–water partition coefficient (Wildman–Crippen LogP) is 2.38. The molecule has 0 amide bonds. The second kappa shape index (κ2) is 3.82. The summed E-state index contributed by atoms with van der Waals surface area (Å²) in [6, 6.07) is 6.18. The van der Waals surface area contributed by atoms with Gasteiger partial charge in [0.25, 0.3) is 0 Å². The number of aliphatic hydroxyl groups excluding tert-OH is 2. The van der Waals surface area contributed by atoms with E-state index in [9.17, 15) is 14.6 Å². The highest BCUT2D eigenvalue weighted by Crippen LogP contribution is 2.39. The van der Waals surface area contributed by atoms with Crippen LogP contribution in [0.25, 0.3) is 11.0 Å². The SMILES string of the molecule is OC(c1cc2cccc(F)c2o1)C(O)C1CC1. The number of fused-ring (bicyclic) bond motifs is 1. The fourth-order valence-electron chi connectivity index (χ4n) is 2.06. The highest BCUT2D eigenvalue weighted by Gasteiger charge is 2.36. The summed E-state index contributed by atoms with van der Waals surface area (Å²) < 4.78 is 18.7. The monoisotopic (exact) mass is 236 g/mol. The Morgan fingerprint density at radius 2 is 2.06 bits per heavy atom. The zero-order chi connectivity index (χ0) is 12.0. The second-order valence-corrected chi connectivity index (χ2v) is 4.58. The average Bonchev–Trinajstić information content (AvgIpc) is 3.07. The van der Waals surface area contributed by atoms with E-state index in [-0.39, 0.29) is 17.3 Å². The van der Waals surface area contributed by atoms with E-state index in [1.165, 1.54) is 6.07 Å². The molecule has 0 spiro atoms. The van der Waals surface area contributed by atoms with E-state index in [0.29, 0.717) is 5.39 Å². The number of hydrogen-bond acceptors (Lipinski definition) is 3. The Hall–Kier alpha value is -1.39. The van der Waals surface area contributed by atoms with Gasteiger partial charge >= 0.3 is 0 Å². The van der Waals surface area contributed by atoms with Gasteiger partial charge in [-0.1, -0.05) is 12.1 Å². The molecule has 4 heteroatoms. The molecule has 90 valence electrons. The molecule has 1 aliphatic rings. The summed E-state index contributed by atoms with van der Waals surface area (Å²) >= 11 is 0. The second-order valence-electron chi connectivity index (χ2n) is 4.58. The van der Waals surface area contributed by atoms with Gasteiger partial charge in [0.15, 0.2) is 11.4 Å². The van der Waals surface area contributed by atoms with Crippen molar-refractivity contribution in [1.29, 1.82) is 0 Å². The van der Waals surface area contributed by atoms with Crippen LogP contribution in [0.1, 0.15) is 24.7 Å². The molecule has 1 aromatic heterocycles. The first-order valence-electron chi connectivity index (χ1n) is 5.71. The Morgan fingerprint density at radius 3 is 2.71 bits per heavy atom. The van der Waals surface area contributed by atoms with Crippen molar-refractivity contribution in [3.8, 4) is 0 Å². The van der Waals surface area contributed by atoms with Gasteiger partial charge in [0.1, 0.15) is 11.9 Å². The topological polar surface area (TPSA) is 53.6 Å². The lowest BCUT2D eigenvalue weighted by Gasteiger charge is -2.14. The van der Waals surface area contributed by atoms with Gasteiger partial charge in [-0.05, 0) is 30.9 Å². The molecule has 0 saturated heterocycles. The first-order chi connectivity index (χ1) is 8.16. The average molecular weight is 236 g/mol. The summed E-state index contributed by atoms with van der Waals surface area (Å²) in [5.74, 6) is -0.0885. The molecule has 2 atom stereocenters. The lowest BCUT2D eigenvalue weighted by molar-refractivity contribution is -0.00640. The van der Waals surface area contributed by atoms with Crippen LogP contribution in [0, 0.1) is 11.7 Å². The zero-order valence-electron chi connectivity index (χ0n) is 9.14. The van der Waals surface area contributed by atoms with Crippen LogP contribution in [-0.2, 0) is 0 Å². The molecule has 1 aliphatic carbocycles. The molecule has 1 heterocycles. The normalized spacial score (nSPS) is 19.5. The third-order valence-electron chi connectivity index (χ3n) is 3.24. The summed E-state index contributed by atoms with van der Waals surface area (Å²) in [6.45, 7) is 0. The zero-order valence-corrected chi connectivity index (χ0v) is 9.14. The van der Waals surface area contributed by atoms with Crippen molar-refractivity contribution in [2.45, 2.75) is 25.0 Å². The number of rotatable bonds is 3. The van der Waals surface area contributed by atoms with Gasteiger partial charge in [-0.3, -0.25) is 0 Å². The summed E-state index contributed by atoms with van der Waals surface area (Å²) in [7, 11) is 0. The van der Waals surface area contributed by atoms with Crippen molar-refractivity contribution in [3.63, 3.8) is 0 Å². The number of aliphatic hydroxyl groups is 2. The highest BCUT2D eigenvalue weighted by atomic mass is 19.1. The Morgan fingerprint density at radius 1 is 1.29 bits per heavy atom. The Labute approximate surface area is 97.5 Å². The molecule has 2 aromatic rings. The lowest BCUT2D eigenvalue weighted by atomic mass is 10.1. The summed E-state index contributed by atoms with van der Waals surface area (Å²) in [6.07, 6.45) is -0.0486. The summed E-state index contributed by atoms with van der Waals surface area (Å²) in [5, 5.41) is 20.3. The summed E-state index contributed by atoms with van der Waals surface area (Å²) in [4.78, 5) is 0. The molecule has 1 fully saturated rings. The van der Waals surface area contributed by atoms with Crippen LogP contribution < -0.4 is 0 Å². The van der Waals surface area contributed by atoms with Crippen LogP contribution >= 0.6 is 0 Å². The van der Waals surface area contributed by atoms with Crippen molar-refractivity contribution in [3.05, 3.63) is 35.8 Å². The number of halogens is 1. The molecule has 0 aliphatic heterocycles. The van der Waals surface area contributed by atoms with E-state index in [0.717, 1.165) is 12.8 Å². The third kappa shape index (κ3) is 1.83. The first kappa shape index (κ1) is 10.7. The quantitative estimate of drug-likeness (QED) is 0.860. The van der Waals surface area contributed by atoms with Gasteiger partial charge < -0.3 is 14.6 Å². The minimum Gasteiger partial charge on any atom is -0.455 e. The van der Waals surface area contributed by atoms with Gasteiger partial charge in [0.2, 0.25) is 0 Å². The van der Waals surface area contributed by atoms with Gasteiger partial charge in [0, 0.05) is 5.39 Å². The van der Waals surface area contributed by atoms with Crippen LogP contribution in [0.15, 0.2) is 28.7 Å². The maximum absolute atomic E-state index is 13.4. The van der Waals surface area contributed by atoms with Crippen molar-refractivity contribution < 1.29 is 19.0 Å². The number of hydrogen-bond donors (Lipinski definition) is 2. The van der Waals surface area contributed by atoms with Crippen LogP contribution in [0.3, 0.4) is 0 Å². The van der Waals surface area contributed by atoms with E-state index in [4.69, 9.17) is 4.42 Å². The molecule has 0 bridgehead atoms. The molecule has 2 N–H and O–H groups in total. The molecular weight excluding hydrogens is 223 g/mol. The minimum atomic E-state index is -1.07. The van der Waals surface area contributed by atoms with Gasteiger partial charge in [-0.2, -0.15) is 0 Å². The molecule has 3 rings (SSSR count). The Kier molecular flexibility index (Phi) is 2.42. The summed E-state index contributed by atoms with van der Waals surface area (Å²) in [5.41, 5.74) is 0.129. The molecular formula is C13H13FO3. The Bertz CT molecular complexity index is 545. The van der Waals surface area contributed by atoms with Gasteiger partial charge in [0.05, 0.1) is 6.10 Å². The lowest BCUT2D eigenvalue weighted by Crippen LogP contribution is -2.19. The third-order valence-corrected chi connectivity index (χ3v) is 3.24. The van der Waals surface area contributed by atoms with Gasteiger partial charge in [-0.25, -0.2) is 4.39 Å². The van der Waals surface area contributed by atoms with Gasteiger partial charge in [-0.15, -0.1) is 0 Å². The molecule has 1 saturated carbocycles. The fourth-order valence-corrected chi connectivity index (χ4v) is 2.06. The standard InChI is InChI=1S/C13H13FO3/c14-9-3-1-2-8-6-10(17-13(8)9)12(16)11(15)7-4-5-7/h1-3,6-7,11-12,15-16H,4-5H2. The van der Waals surface area contributed by atoms with Crippen LogP contribution in [0.5, 0.6) is 0 Å². The molecule has 0 radical (unpaired) electrons. The van der Waals surface area contributed by atoms with E-state index >= 15 is 0 Å². The Balaban J connectivity index is 1.97. The minimum absolute atomic E-state index is 0.129. The van der Waals surface area contributed by atoms with E-state index in [1.807, 2.05) is 0 Å². The van der Waals surface area contributed by atoms with Crippen molar-refractivity contribution in [2.24, 2.45) is 5.92 Å². The van der Waals surface area contributed by atoms with E-state index < -0.39 is 18.0 Å². The van der Waals surface area contributed by atoms with E-state index in [2.05, 4.69) is 0 Å². The van der Waals surface area contributed by atoms with Crippen LogP contribution in [0.2, 0.25) is 0 Å². The fraction of sp³-hybridized carbons (Fsp3) is 0.385. The largest absolute Gasteiger partial charge is 0.455 e. The van der Waals surface area contributed by atoms with Crippen LogP contribution in [-0.4, -0.2) is 16.3 Å². The van der Waals surface area contributed by atoms with Crippen molar-refractivity contribution in [2.75, 3.05) is 0 Å². The highest BCUT2D eigenvalue weighted by molar-refractivity contribution is 5.78. The molecule has 17 heavy (non-hydrogen) atoms. The van der Waals surface area contributed by atoms with E-state index in [1.54, 1.807) is 18.2 Å². The predicted molar refractivity (Wildman–Crippen MR) is 59.9 cm³/mol. The van der Waals surface area contributed by atoms with Crippen molar-refractivity contribution in [1.82, 2.24) is 0 Å². The van der Waals surface area contributed by atoms with Crippen LogP contribution in [0.4, 0.5) is 4.39 Å². The number of benzene rings is 1. The maximum Gasteiger partial charge on any atom is 0.170 e. The molecule has 1 aromatic carbocycles.